The summed E-state index contributed by atoms with van der Waals surface area (Å²) in [6.07, 6.45) is 1.81. The third-order valence-electron chi connectivity index (χ3n) is 5.45. The number of hydrogen-bond donors (Lipinski definition) is 1. The summed E-state index contributed by atoms with van der Waals surface area (Å²) in [7, 11) is 0. The number of hydrogen-bond acceptors (Lipinski definition) is 5. The SMILES string of the molecule is Cc1c(Cl)cccc1NC(=O)[C@H]1CCCN(c2nnc(-n3c(C)ccc3C)s2)C1. The second-order valence-corrected chi connectivity index (χ2v) is 8.85. The van der Waals surface area contributed by atoms with E-state index in [4.69, 9.17) is 11.6 Å². The molecule has 0 radical (unpaired) electrons. The Kier molecular flexibility index (Phi) is 5.61. The number of nitrogens with zero attached hydrogens (tertiary/aromatic N) is 4. The number of amides is 1. The highest BCUT2D eigenvalue weighted by atomic mass is 35.5. The summed E-state index contributed by atoms with van der Waals surface area (Å²) in [5, 5.41) is 14.2. The average molecular weight is 430 g/mol. The molecule has 1 amide bonds. The lowest BCUT2D eigenvalue weighted by molar-refractivity contribution is -0.120. The van der Waals surface area contributed by atoms with Gasteiger partial charge in [-0.05, 0) is 63.4 Å². The van der Waals surface area contributed by atoms with E-state index in [1.54, 1.807) is 11.3 Å². The molecule has 0 saturated carbocycles. The minimum absolute atomic E-state index is 0.0295. The molecule has 1 atom stereocenters. The predicted octanol–water partition coefficient (Wildman–Crippen LogP) is 4.76. The van der Waals surface area contributed by atoms with Crippen molar-refractivity contribution in [3.8, 4) is 5.13 Å². The van der Waals surface area contributed by atoms with Crippen LogP contribution >= 0.6 is 22.9 Å². The van der Waals surface area contributed by atoms with Crippen molar-refractivity contribution in [2.24, 2.45) is 5.92 Å². The highest BCUT2D eigenvalue weighted by molar-refractivity contribution is 7.17. The van der Waals surface area contributed by atoms with E-state index in [1.807, 2.05) is 25.1 Å². The molecule has 1 aliphatic rings. The van der Waals surface area contributed by atoms with Crippen molar-refractivity contribution in [3.05, 3.63) is 52.3 Å². The van der Waals surface area contributed by atoms with Gasteiger partial charge in [0.25, 0.3) is 0 Å². The summed E-state index contributed by atoms with van der Waals surface area (Å²) in [5.74, 6) is -0.0635. The van der Waals surface area contributed by atoms with Crippen LogP contribution in [0.4, 0.5) is 10.8 Å². The van der Waals surface area contributed by atoms with Gasteiger partial charge in [0.2, 0.25) is 16.2 Å². The fraction of sp³-hybridized carbons (Fsp3) is 0.381. The number of carbonyl (C=O) groups excluding carboxylic acids is 1. The molecule has 0 bridgehead atoms. The van der Waals surface area contributed by atoms with Crippen molar-refractivity contribution < 1.29 is 4.79 Å². The molecule has 8 heteroatoms. The summed E-state index contributed by atoms with van der Waals surface area (Å²) >= 11 is 7.74. The highest BCUT2D eigenvalue weighted by Gasteiger charge is 2.28. The van der Waals surface area contributed by atoms with E-state index >= 15 is 0 Å². The summed E-state index contributed by atoms with van der Waals surface area (Å²) in [5.41, 5.74) is 3.94. The number of piperidine rings is 1. The van der Waals surface area contributed by atoms with Crippen LogP contribution in [0, 0.1) is 26.7 Å². The fourth-order valence-corrected chi connectivity index (χ4v) is 4.91. The summed E-state index contributed by atoms with van der Waals surface area (Å²) in [6.45, 7) is 7.57. The first kappa shape index (κ1) is 19.9. The smallest absolute Gasteiger partial charge is 0.229 e. The van der Waals surface area contributed by atoms with E-state index < -0.39 is 0 Å². The van der Waals surface area contributed by atoms with E-state index in [-0.39, 0.29) is 11.8 Å². The number of nitrogens with one attached hydrogen (secondary N) is 1. The molecule has 4 rings (SSSR count). The minimum Gasteiger partial charge on any atom is -0.346 e. The van der Waals surface area contributed by atoms with Gasteiger partial charge in [0.15, 0.2) is 0 Å². The van der Waals surface area contributed by atoms with Crippen molar-refractivity contribution in [1.82, 2.24) is 14.8 Å². The molecule has 29 heavy (non-hydrogen) atoms. The monoisotopic (exact) mass is 429 g/mol. The molecule has 0 spiro atoms. The lowest BCUT2D eigenvalue weighted by Gasteiger charge is -2.31. The number of anilines is 2. The second kappa shape index (κ2) is 8.16. The molecule has 1 aliphatic heterocycles. The van der Waals surface area contributed by atoms with Gasteiger partial charge in [0, 0.05) is 35.2 Å². The van der Waals surface area contributed by atoms with E-state index in [0.29, 0.717) is 11.6 Å². The largest absolute Gasteiger partial charge is 0.346 e. The Morgan fingerprint density at radius 2 is 1.86 bits per heavy atom. The van der Waals surface area contributed by atoms with E-state index in [9.17, 15) is 4.79 Å². The molecule has 1 saturated heterocycles. The van der Waals surface area contributed by atoms with Crippen molar-refractivity contribution in [2.75, 3.05) is 23.3 Å². The second-order valence-electron chi connectivity index (χ2n) is 7.51. The van der Waals surface area contributed by atoms with Crippen LogP contribution in [0.1, 0.15) is 29.8 Å². The van der Waals surface area contributed by atoms with E-state index in [0.717, 1.165) is 52.3 Å². The zero-order valence-electron chi connectivity index (χ0n) is 16.8. The Morgan fingerprint density at radius 1 is 1.14 bits per heavy atom. The Morgan fingerprint density at radius 3 is 2.62 bits per heavy atom. The molecule has 0 aliphatic carbocycles. The van der Waals surface area contributed by atoms with Crippen LogP contribution in [0.5, 0.6) is 0 Å². The number of aryl methyl sites for hydroxylation is 2. The third kappa shape index (κ3) is 4.02. The topological polar surface area (TPSA) is 63.1 Å². The van der Waals surface area contributed by atoms with Crippen molar-refractivity contribution in [2.45, 2.75) is 33.6 Å². The molecular weight excluding hydrogens is 406 g/mol. The molecular formula is C21H24ClN5OS. The lowest BCUT2D eigenvalue weighted by Crippen LogP contribution is -2.40. The normalized spacial score (nSPS) is 16.8. The maximum atomic E-state index is 12.9. The van der Waals surface area contributed by atoms with Gasteiger partial charge in [0.1, 0.15) is 0 Å². The van der Waals surface area contributed by atoms with E-state index in [1.165, 1.54) is 0 Å². The van der Waals surface area contributed by atoms with Crippen LogP contribution in [0.25, 0.3) is 5.13 Å². The zero-order chi connectivity index (χ0) is 20.5. The van der Waals surface area contributed by atoms with Gasteiger partial charge in [0.05, 0.1) is 5.92 Å². The summed E-state index contributed by atoms with van der Waals surface area (Å²) < 4.78 is 2.11. The van der Waals surface area contributed by atoms with Crippen LogP contribution in [-0.2, 0) is 4.79 Å². The van der Waals surface area contributed by atoms with Gasteiger partial charge in [-0.25, -0.2) is 0 Å². The van der Waals surface area contributed by atoms with Gasteiger partial charge >= 0.3 is 0 Å². The van der Waals surface area contributed by atoms with Crippen LogP contribution in [0.3, 0.4) is 0 Å². The van der Waals surface area contributed by atoms with Gasteiger partial charge in [-0.2, -0.15) is 0 Å². The maximum Gasteiger partial charge on any atom is 0.229 e. The van der Waals surface area contributed by atoms with Crippen LogP contribution in [-0.4, -0.2) is 33.8 Å². The maximum absolute atomic E-state index is 12.9. The number of halogens is 1. The molecule has 2 aromatic heterocycles. The van der Waals surface area contributed by atoms with Crippen molar-refractivity contribution in [1.29, 1.82) is 0 Å². The molecule has 152 valence electrons. The molecule has 1 aromatic carbocycles. The minimum atomic E-state index is -0.0930. The van der Waals surface area contributed by atoms with Crippen LogP contribution < -0.4 is 10.2 Å². The third-order valence-corrected chi connectivity index (χ3v) is 6.83. The lowest BCUT2D eigenvalue weighted by atomic mass is 9.97. The number of benzene rings is 1. The van der Waals surface area contributed by atoms with Crippen LogP contribution in [0.2, 0.25) is 5.02 Å². The van der Waals surface area contributed by atoms with Gasteiger partial charge in [-0.3, -0.25) is 9.36 Å². The summed E-state index contributed by atoms with van der Waals surface area (Å²) in [4.78, 5) is 15.0. The van der Waals surface area contributed by atoms with Gasteiger partial charge in [-0.1, -0.05) is 29.0 Å². The predicted molar refractivity (Wildman–Crippen MR) is 118 cm³/mol. The molecule has 0 unspecified atom stereocenters. The zero-order valence-corrected chi connectivity index (χ0v) is 18.3. The summed E-state index contributed by atoms with van der Waals surface area (Å²) in [6, 6.07) is 9.73. The van der Waals surface area contributed by atoms with E-state index in [2.05, 4.69) is 51.0 Å². The first-order valence-electron chi connectivity index (χ1n) is 9.74. The Labute approximate surface area is 179 Å². The van der Waals surface area contributed by atoms with Crippen molar-refractivity contribution in [3.63, 3.8) is 0 Å². The number of rotatable bonds is 4. The molecule has 3 heterocycles. The first-order valence-corrected chi connectivity index (χ1v) is 10.9. The highest BCUT2D eigenvalue weighted by Crippen LogP contribution is 2.30. The van der Waals surface area contributed by atoms with Gasteiger partial charge in [-0.15, -0.1) is 10.2 Å². The first-order chi connectivity index (χ1) is 13.9. The fourth-order valence-electron chi connectivity index (χ4n) is 3.74. The number of aromatic nitrogens is 3. The average Bonchev–Trinajstić information content (AvgIpc) is 3.32. The Hall–Kier alpha value is -2.38. The molecule has 6 nitrogen and oxygen atoms in total. The Bertz CT molecular complexity index is 1020. The quantitative estimate of drug-likeness (QED) is 0.649. The molecule has 1 N–H and O–H groups in total. The molecule has 3 aromatic rings. The standard InChI is InChI=1S/C21H24ClN5OS/c1-13-9-10-14(2)27(13)21-25-24-20(29-21)26-11-5-6-16(12-26)19(28)23-18-8-4-7-17(22)15(18)3/h4,7-10,16H,5-6,11-12H2,1-3H3,(H,23,28)/t16-/m0/s1. The van der Waals surface area contributed by atoms with Crippen molar-refractivity contribution >= 4 is 39.7 Å². The Balaban J connectivity index is 1.47. The van der Waals surface area contributed by atoms with Gasteiger partial charge < -0.3 is 10.2 Å². The van der Waals surface area contributed by atoms with Crippen LogP contribution in [0.15, 0.2) is 30.3 Å². The molecule has 1 fully saturated rings. The number of carbonyl (C=O) groups is 1.